The van der Waals surface area contributed by atoms with Crippen molar-refractivity contribution in [3.8, 4) is 0 Å². The summed E-state index contributed by atoms with van der Waals surface area (Å²) in [6.45, 7) is 11.0. The Morgan fingerprint density at radius 3 is 2.45 bits per heavy atom. The largest absolute Gasteiger partial charge is 0.351 e. The lowest BCUT2D eigenvalue weighted by Crippen LogP contribution is -2.29. The third-order valence-electron chi connectivity index (χ3n) is 5.74. The number of thiocarbonyl (C=S) groups is 1. The van der Waals surface area contributed by atoms with Crippen molar-refractivity contribution in [2.45, 2.75) is 52.7 Å². The smallest absolute Gasteiger partial charge is 0.174 e. The zero-order valence-electron chi connectivity index (χ0n) is 17.7. The molecule has 1 aliphatic rings. The summed E-state index contributed by atoms with van der Waals surface area (Å²) in [5, 5.41) is 4.30. The van der Waals surface area contributed by atoms with Gasteiger partial charge in [-0.05, 0) is 88.3 Å². The Kier molecular flexibility index (Phi) is 5.17. The van der Waals surface area contributed by atoms with Crippen molar-refractivity contribution in [3.63, 3.8) is 0 Å². The maximum absolute atomic E-state index is 5.83. The number of anilines is 1. The van der Waals surface area contributed by atoms with Crippen molar-refractivity contribution in [1.82, 2.24) is 14.9 Å². The molecule has 0 bridgehead atoms. The van der Waals surface area contributed by atoms with Crippen LogP contribution in [-0.2, 0) is 0 Å². The normalized spacial score (nSPS) is 19.1. The van der Waals surface area contributed by atoms with Gasteiger partial charge in [-0.25, -0.2) is 0 Å². The van der Waals surface area contributed by atoms with E-state index in [-0.39, 0.29) is 12.1 Å². The Labute approximate surface area is 178 Å². The molecule has 1 saturated heterocycles. The lowest BCUT2D eigenvalue weighted by Gasteiger charge is -2.28. The van der Waals surface area contributed by atoms with Crippen molar-refractivity contribution in [2.75, 3.05) is 4.90 Å². The molecule has 4 nitrogen and oxygen atoms in total. The van der Waals surface area contributed by atoms with Gasteiger partial charge >= 0.3 is 0 Å². The van der Waals surface area contributed by atoms with E-state index in [4.69, 9.17) is 12.2 Å². The zero-order valence-corrected chi connectivity index (χ0v) is 18.5. The fraction of sp³-hybridized carbons (Fsp3) is 0.333. The van der Waals surface area contributed by atoms with Gasteiger partial charge in [0.25, 0.3) is 0 Å². The topological polar surface area (TPSA) is 33.1 Å². The molecule has 0 unspecified atom stereocenters. The monoisotopic (exact) mass is 404 g/mol. The molecule has 1 N–H and O–H groups in total. The number of pyridine rings is 1. The Morgan fingerprint density at radius 2 is 1.83 bits per heavy atom. The van der Waals surface area contributed by atoms with E-state index in [1.165, 1.54) is 22.5 Å². The predicted octanol–water partition coefficient (Wildman–Crippen LogP) is 5.57. The Hall–Kier alpha value is -2.66. The van der Waals surface area contributed by atoms with Gasteiger partial charge in [0.1, 0.15) is 0 Å². The molecule has 3 heterocycles. The van der Waals surface area contributed by atoms with E-state index in [1.54, 1.807) is 0 Å². The fourth-order valence-electron chi connectivity index (χ4n) is 4.62. The standard InChI is InChI=1S/C24H28N4S/c1-15(2)27-17(4)14-20(18(27)5)23-22(21-11-6-7-12-25-21)26-24(29)28(23)19-10-8-9-16(3)13-19/h6-15,22-23H,1-5H3,(H,26,29)/t22-,23-/m0/s1. The van der Waals surface area contributed by atoms with Crippen LogP contribution in [0.15, 0.2) is 54.7 Å². The Morgan fingerprint density at radius 1 is 1.03 bits per heavy atom. The molecular formula is C24H28N4S. The summed E-state index contributed by atoms with van der Waals surface area (Å²) in [4.78, 5) is 6.91. The number of aryl methyl sites for hydroxylation is 2. The number of aromatic nitrogens is 2. The van der Waals surface area contributed by atoms with E-state index < -0.39 is 0 Å². The molecule has 150 valence electrons. The average molecular weight is 405 g/mol. The highest BCUT2D eigenvalue weighted by atomic mass is 32.1. The minimum absolute atomic E-state index is 0.00896. The maximum atomic E-state index is 5.83. The van der Waals surface area contributed by atoms with E-state index in [0.717, 1.165) is 16.5 Å². The van der Waals surface area contributed by atoms with Crippen molar-refractivity contribution in [2.24, 2.45) is 0 Å². The molecule has 0 saturated carbocycles. The molecule has 4 rings (SSSR count). The lowest BCUT2D eigenvalue weighted by molar-refractivity contribution is 0.547. The number of benzene rings is 1. The summed E-state index contributed by atoms with van der Waals surface area (Å²) >= 11 is 5.83. The van der Waals surface area contributed by atoms with Gasteiger partial charge in [0.05, 0.1) is 17.8 Å². The first kappa shape index (κ1) is 19.6. The maximum Gasteiger partial charge on any atom is 0.174 e. The average Bonchev–Trinajstić information content (AvgIpc) is 3.18. The molecule has 0 amide bonds. The minimum Gasteiger partial charge on any atom is -0.351 e. The Bertz CT molecular complexity index is 1040. The zero-order chi connectivity index (χ0) is 20.7. The SMILES string of the molecule is Cc1cccc(N2C(=S)N[C@@H](c3ccccn3)[C@@H]2c2cc(C)n(C(C)C)c2C)c1. The number of rotatable bonds is 4. The molecule has 1 aliphatic heterocycles. The third-order valence-corrected chi connectivity index (χ3v) is 6.05. The molecule has 0 radical (unpaired) electrons. The summed E-state index contributed by atoms with van der Waals surface area (Å²) in [6, 6.07) is 17.4. The van der Waals surface area contributed by atoms with Gasteiger partial charge in [0.2, 0.25) is 0 Å². The molecule has 0 spiro atoms. The highest BCUT2D eigenvalue weighted by Crippen LogP contribution is 2.43. The van der Waals surface area contributed by atoms with E-state index in [1.807, 2.05) is 18.3 Å². The molecule has 1 aromatic carbocycles. The van der Waals surface area contributed by atoms with Gasteiger partial charge in [0, 0.05) is 29.3 Å². The van der Waals surface area contributed by atoms with Gasteiger partial charge in [-0.2, -0.15) is 0 Å². The van der Waals surface area contributed by atoms with Gasteiger partial charge in [-0.3, -0.25) is 4.98 Å². The van der Waals surface area contributed by atoms with Gasteiger partial charge in [0.15, 0.2) is 5.11 Å². The van der Waals surface area contributed by atoms with Crippen LogP contribution < -0.4 is 10.2 Å². The first-order valence-electron chi connectivity index (χ1n) is 10.1. The van der Waals surface area contributed by atoms with Crippen molar-refractivity contribution in [3.05, 3.63) is 82.9 Å². The number of nitrogens with zero attached hydrogens (tertiary/aromatic N) is 3. The molecule has 0 aliphatic carbocycles. The minimum atomic E-state index is -0.00896. The van der Waals surface area contributed by atoms with Crippen LogP contribution >= 0.6 is 12.2 Å². The summed E-state index contributed by atoms with van der Waals surface area (Å²) in [5.74, 6) is 0. The first-order chi connectivity index (χ1) is 13.9. The molecule has 3 aromatic rings. The predicted molar refractivity (Wildman–Crippen MR) is 123 cm³/mol. The van der Waals surface area contributed by atoms with Crippen LogP contribution in [-0.4, -0.2) is 14.7 Å². The van der Waals surface area contributed by atoms with E-state index >= 15 is 0 Å². The summed E-state index contributed by atoms with van der Waals surface area (Å²) in [7, 11) is 0. The highest BCUT2D eigenvalue weighted by molar-refractivity contribution is 7.80. The van der Waals surface area contributed by atoms with E-state index in [9.17, 15) is 0 Å². The second-order valence-electron chi connectivity index (χ2n) is 8.13. The molecule has 5 heteroatoms. The van der Waals surface area contributed by atoms with Crippen LogP contribution in [0.2, 0.25) is 0 Å². The van der Waals surface area contributed by atoms with Crippen LogP contribution in [0.25, 0.3) is 0 Å². The first-order valence-corrected chi connectivity index (χ1v) is 10.5. The highest BCUT2D eigenvalue weighted by Gasteiger charge is 2.42. The van der Waals surface area contributed by atoms with Crippen molar-refractivity contribution in [1.29, 1.82) is 0 Å². The number of nitrogens with one attached hydrogen (secondary N) is 1. The molecule has 29 heavy (non-hydrogen) atoms. The van der Waals surface area contributed by atoms with Gasteiger partial charge < -0.3 is 14.8 Å². The van der Waals surface area contributed by atoms with E-state index in [2.05, 4.69) is 90.8 Å². The second-order valence-corrected chi connectivity index (χ2v) is 8.51. The van der Waals surface area contributed by atoms with Crippen LogP contribution in [0.5, 0.6) is 0 Å². The molecule has 1 fully saturated rings. The van der Waals surface area contributed by atoms with Crippen LogP contribution in [0.3, 0.4) is 0 Å². The van der Waals surface area contributed by atoms with Gasteiger partial charge in [-0.15, -0.1) is 0 Å². The summed E-state index contributed by atoms with van der Waals surface area (Å²) in [6.07, 6.45) is 1.85. The van der Waals surface area contributed by atoms with E-state index in [0.29, 0.717) is 6.04 Å². The van der Waals surface area contributed by atoms with Crippen LogP contribution in [0.1, 0.15) is 60.2 Å². The number of hydrogen-bond donors (Lipinski definition) is 1. The van der Waals surface area contributed by atoms with Crippen LogP contribution in [0.4, 0.5) is 5.69 Å². The lowest BCUT2D eigenvalue weighted by atomic mass is 9.96. The molecule has 2 atom stereocenters. The third kappa shape index (κ3) is 3.44. The second kappa shape index (κ2) is 7.64. The van der Waals surface area contributed by atoms with Crippen molar-refractivity contribution >= 4 is 23.0 Å². The molecule has 2 aromatic heterocycles. The quantitative estimate of drug-likeness (QED) is 0.577. The fourth-order valence-corrected chi connectivity index (χ4v) is 4.97. The van der Waals surface area contributed by atoms with Gasteiger partial charge in [-0.1, -0.05) is 18.2 Å². The summed E-state index contributed by atoms with van der Waals surface area (Å²) in [5.41, 5.74) is 7.19. The van der Waals surface area contributed by atoms with Crippen LogP contribution in [0, 0.1) is 20.8 Å². The summed E-state index contributed by atoms with van der Waals surface area (Å²) < 4.78 is 2.40. The molecular weight excluding hydrogens is 376 g/mol. The Balaban J connectivity index is 1.90. The van der Waals surface area contributed by atoms with Crippen molar-refractivity contribution < 1.29 is 0 Å². The number of hydrogen-bond acceptors (Lipinski definition) is 2.